The maximum Gasteiger partial charge on any atom is 0.213 e. The molecule has 3 heteroatoms. The minimum atomic E-state index is -0.445. The largest absolute Gasteiger partial charge is 0.508 e. The van der Waals surface area contributed by atoms with Crippen molar-refractivity contribution < 1.29 is 14.6 Å². The van der Waals surface area contributed by atoms with E-state index in [0.29, 0.717) is 23.5 Å². The summed E-state index contributed by atoms with van der Waals surface area (Å²) in [6.07, 6.45) is 7.26. The van der Waals surface area contributed by atoms with E-state index in [2.05, 4.69) is 120 Å². The molecule has 0 radical (unpaired) electrons. The molecule has 3 nitrogen and oxygen atoms in total. The van der Waals surface area contributed by atoms with Crippen LogP contribution in [0.1, 0.15) is 107 Å². The van der Waals surface area contributed by atoms with Crippen LogP contribution >= 0.6 is 0 Å². The van der Waals surface area contributed by atoms with Gasteiger partial charge < -0.3 is 14.6 Å². The molecule has 0 aliphatic heterocycles. The van der Waals surface area contributed by atoms with Gasteiger partial charge in [-0.25, -0.2) is 0 Å². The highest BCUT2D eigenvalue weighted by molar-refractivity contribution is 5.40. The van der Waals surface area contributed by atoms with Crippen molar-refractivity contribution in [1.29, 1.82) is 0 Å². The lowest BCUT2D eigenvalue weighted by Gasteiger charge is -2.40. The number of hydrogen-bond donors (Lipinski definition) is 1. The first-order chi connectivity index (χ1) is 21.8. The smallest absolute Gasteiger partial charge is 0.213 e. The van der Waals surface area contributed by atoms with Gasteiger partial charge in [0.1, 0.15) is 11.5 Å². The zero-order valence-corrected chi connectivity index (χ0v) is 27.9. The van der Waals surface area contributed by atoms with Gasteiger partial charge in [-0.3, -0.25) is 0 Å². The molecule has 1 N–H and O–H groups in total. The Morgan fingerprint density at radius 1 is 0.689 bits per heavy atom. The number of hydrogen-bond acceptors (Lipinski definition) is 3. The third kappa shape index (κ3) is 7.82. The maximum atomic E-state index is 9.01. The molecule has 6 atom stereocenters. The minimum Gasteiger partial charge on any atom is -0.508 e. The molecule has 45 heavy (non-hydrogen) atoms. The van der Waals surface area contributed by atoms with E-state index in [9.17, 15) is 0 Å². The standard InChI is InChI=1S/C32H38O2.C10H14O/c1-4-23(2)25-17-19-29(20-18-25)33-31(34-30-22-24-15-16-26(30)21-24)32(3,27-11-7-5-8-12-27)28-13-9-6-10-14-28;1-3-8(2)9-4-6-10(11)7-5-9/h5-14,17-20,23-24,26,30-31H,4,15-16,21-22H2,1-3H3;4-8,11H,3H2,1-2H3. The average Bonchev–Trinajstić information content (AvgIpc) is 3.72. The van der Waals surface area contributed by atoms with Crippen molar-refractivity contribution in [3.63, 3.8) is 0 Å². The molecular weight excluding hydrogens is 552 g/mol. The zero-order valence-electron chi connectivity index (χ0n) is 27.9. The quantitative estimate of drug-likeness (QED) is 0.173. The number of phenols is 1. The van der Waals surface area contributed by atoms with Crippen LogP contribution in [0.15, 0.2) is 109 Å². The Morgan fingerprint density at radius 2 is 1.20 bits per heavy atom. The minimum absolute atomic E-state index is 0.273. The van der Waals surface area contributed by atoms with Gasteiger partial charge in [0, 0.05) is 0 Å². The van der Waals surface area contributed by atoms with Crippen molar-refractivity contribution >= 4 is 0 Å². The molecule has 2 bridgehead atoms. The summed E-state index contributed by atoms with van der Waals surface area (Å²) >= 11 is 0. The first-order valence-corrected chi connectivity index (χ1v) is 17.1. The molecule has 4 aromatic carbocycles. The zero-order chi connectivity index (χ0) is 31.8. The van der Waals surface area contributed by atoms with Crippen LogP contribution in [-0.2, 0) is 10.2 Å². The Labute approximate surface area is 271 Å². The van der Waals surface area contributed by atoms with Gasteiger partial charge in [0.2, 0.25) is 6.29 Å². The Morgan fingerprint density at radius 3 is 1.64 bits per heavy atom. The van der Waals surface area contributed by atoms with E-state index in [0.717, 1.165) is 30.9 Å². The molecule has 0 aromatic heterocycles. The fraction of sp³-hybridized carbons (Fsp3) is 0.429. The Kier molecular flexibility index (Phi) is 11.0. The van der Waals surface area contributed by atoms with Gasteiger partial charge in [0.05, 0.1) is 11.5 Å². The molecule has 2 fully saturated rings. The van der Waals surface area contributed by atoms with Gasteiger partial charge in [0.25, 0.3) is 0 Å². The molecule has 6 unspecified atom stereocenters. The van der Waals surface area contributed by atoms with E-state index in [4.69, 9.17) is 14.6 Å². The SMILES string of the molecule is CCC(C)c1ccc(O)cc1.CCC(C)c1ccc(OC(OC2CC3CCC2C3)C(C)(c2ccccc2)c2ccccc2)cc1. The fourth-order valence-electron chi connectivity index (χ4n) is 7.07. The van der Waals surface area contributed by atoms with Gasteiger partial charge in [0.15, 0.2) is 0 Å². The molecule has 0 spiro atoms. The van der Waals surface area contributed by atoms with Crippen molar-refractivity contribution in [2.24, 2.45) is 11.8 Å². The number of ether oxygens (including phenoxy) is 2. The Balaban J connectivity index is 0.000000309. The molecule has 4 aromatic rings. The summed E-state index contributed by atoms with van der Waals surface area (Å²) in [5.41, 5.74) is 4.63. The molecule has 238 valence electrons. The summed E-state index contributed by atoms with van der Waals surface area (Å²) in [7, 11) is 0. The van der Waals surface area contributed by atoms with E-state index in [1.165, 1.54) is 41.5 Å². The summed E-state index contributed by atoms with van der Waals surface area (Å²) in [6, 6.07) is 37.5. The summed E-state index contributed by atoms with van der Waals surface area (Å²) in [5, 5.41) is 9.01. The predicted molar refractivity (Wildman–Crippen MR) is 186 cm³/mol. The lowest BCUT2D eigenvalue weighted by Crippen LogP contribution is -2.46. The lowest BCUT2D eigenvalue weighted by atomic mass is 9.75. The van der Waals surface area contributed by atoms with Crippen molar-refractivity contribution in [2.45, 2.75) is 103 Å². The maximum absolute atomic E-state index is 9.01. The predicted octanol–water partition coefficient (Wildman–Crippen LogP) is 11.0. The molecule has 0 saturated heterocycles. The van der Waals surface area contributed by atoms with Gasteiger partial charge in [-0.05, 0) is 116 Å². The highest BCUT2D eigenvalue weighted by atomic mass is 16.7. The van der Waals surface area contributed by atoms with Crippen molar-refractivity contribution in [3.8, 4) is 11.5 Å². The number of fused-ring (bicyclic) bond motifs is 2. The van der Waals surface area contributed by atoms with E-state index in [-0.39, 0.29) is 6.10 Å². The third-order valence-electron chi connectivity index (χ3n) is 10.6. The van der Waals surface area contributed by atoms with Crippen LogP contribution in [-0.4, -0.2) is 17.5 Å². The molecular formula is C42H52O3. The van der Waals surface area contributed by atoms with Crippen LogP contribution in [0.25, 0.3) is 0 Å². The van der Waals surface area contributed by atoms with Gasteiger partial charge in [-0.1, -0.05) is 113 Å². The third-order valence-corrected chi connectivity index (χ3v) is 10.6. The normalized spacial score (nSPS) is 21.0. The second-order valence-electron chi connectivity index (χ2n) is 13.5. The van der Waals surface area contributed by atoms with Crippen LogP contribution in [0.4, 0.5) is 0 Å². The van der Waals surface area contributed by atoms with Crippen LogP contribution in [0.2, 0.25) is 0 Å². The highest BCUT2D eigenvalue weighted by Crippen LogP contribution is 2.48. The molecule has 2 aliphatic rings. The number of phenolic OH excluding ortho intramolecular Hbond substituents is 1. The number of rotatable bonds is 11. The Hall–Kier alpha value is -3.56. The van der Waals surface area contributed by atoms with Crippen molar-refractivity contribution in [1.82, 2.24) is 0 Å². The second kappa shape index (κ2) is 15.1. The van der Waals surface area contributed by atoms with E-state index in [1.54, 1.807) is 12.1 Å². The molecule has 2 saturated carbocycles. The summed E-state index contributed by atoms with van der Waals surface area (Å²) in [6.45, 7) is 11.1. The molecule has 0 heterocycles. The number of aromatic hydroxyl groups is 1. The van der Waals surface area contributed by atoms with Crippen LogP contribution in [0.5, 0.6) is 11.5 Å². The molecule has 6 rings (SSSR count). The molecule has 0 amide bonds. The van der Waals surface area contributed by atoms with Crippen LogP contribution in [0.3, 0.4) is 0 Å². The first-order valence-electron chi connectivity index (χ1n) is 17.1. The Bertz CT molecular complexity index is 1390. The summed E-state index contributed by atoms with van der Waals surface area (Å²) in [5.74, 6) is 3.85. The van der Waals surface area contributed by atoms with Gasteiger partial charge in [-0.2, -0.15) is 0 Å². The monoisotopic (exact) mass is 604 g/mol. The lowest BCUT2D eigenvalue weighted by molar-refractivity contribution is -0.160. The van der Waals surface area contributed by atoms with Crippen LogP contribution < -0.4 is 4.74 Å². The topological polar surface area (TPSA) is 38.7 Å². The first kappa shape index (κ1) is 32.8. The van der Waals surface area contributed by atoms with E-state index in [1.807, 2.05) is 12.1 Å². The number of benzene rings is 4. The van der Waals surface area contributed by atoms with Gasteiger partial charge >= 0.3 is 0 Å². The average molecular weight is 605 g/mol. The van der Waals surface area contributed by atoms with Gasteiger partial charge in [-0.15, -0.1) is 0 Å². The summed E-state index contributed by atoms with van der Waals surface area (Å²) < 4.78 is 13.8. The van der Waals surface area contributed by atoms with Crippen LogP contribution in [0, 0.1) is 11.8 Å². The second-order valence-corrected chi connectivity index (χ2v) is 13.5. The fourth-order valence-corrected chi connectivity index (χ4v) is 7.07. The van der Waals surface area contributed by atoms with E-state index < -0.39 is 11.7 Å². The highest BCUT2D eigenvalue weighted by Gasteiger charge is 2.47. The van der Waals surface area contributed by atoms with E-state index >= 15 is 0 Å². The molecule has 2 aliphatic carbocycles. The summed E-state index contributed by atoms with van der Waals surface area (Å²) in [4.78, 5) is 0. The van der Waals surface area contributed by atoms with Crippen molar-refractivity contribution in [2.75, 3.05) is 0 Å². The van der Waals surface area contributed by atoms with Crippen molar-refractivity contribution in [3.05, 3.63) is 131 Å².